The van der Waals surface area contributed by atoms with Crippen LogP contribution < -0.4 is 10.2 Å². The summed E-state index contributed by atoms with van der Waals surface area (Å²) in [6.45, 7) is 4.73. The summed E-state index contributed by atoms with van der Waals surface area (Å²) in [5.74, 6) is -0.308. The second-order valence-electron chi connectivity index (χ2n) is 8.29. The molecule has 1 atom stereocenters. The lowest BCUT2D eigenvalue weighted by Crippen LogP contribution is -2.30. The van der Waals surface area contributed by atoms with Crippen LogP contribution in [-0.4, -0.2) is 40.3 Å². The first-order valence-corrected chi connectivity index (χ1v) is 10.9. The molecule has 0 radical (unpaired) electrons. The number of methoxy groups -OCH3 is 1. The van der Waals surface area contributed by atoms with Crippen LogP contribution in [0.4, 0.5) is 19.0 Å². The number of esters is 1. The number of nitrogens with one attached hydrogen (secondary N) is 1. The van der Waals surface area contributed by atoms with Gasteiger partial charge in [-0.3, -0.25) is 9.78 Å². The van der Waals surface area contributed by atoms with E-state index in [-0.39, 0.29) is 12.5 Å². The number of amides is 1. The van der Waals surface area contributed by atoms with E-state index in [4.69, 9.17) is 0 Å². The fourth-order valence-electron chi connectivity index (χ4n) is 4.10. The molecule has 8 nitrogen and oxygen atoms in total. The van der Waals surface area contributed by atoms with Gasteiger partial charge in [-0.15, -0.1) is 0 Å². The zero-order valence-electron chi connectivity index (χ0n) is 19.4. The first-order chi connectivity index (χ1) is 16.6. The Balaban J connectivity index is 1.53. The summed E-state index contributed by atoms with van der Waals surface area (Å²) in [6.07, 6.45) is -3.05. The van der Waals surface area contributed by atoms with E-state index >= 15 is 0 Å². The van der Waals surface area contributed by atoms with Crippen LogP contribution in [0.1, 0.15) is 56.2 Å². The van der Waals surface area contributed by atoms with E-state index in [9.17, 15) is 22.8 Å². The van der Waals surface area contributed by atoms with Gasteiger partial charge in [0.05, 0.1) is 42.2 Å². The monoisotopic (exact) mass is 487 g/mol. The van der Waals surface area contributed by atoms with Gasteiger partial charge in [0, 0.05) is 19.3 Å². The highest BCUT2D eigenvalue weighted by atomic mass is 19.4. The largest absolute Gasteiger partial charge is 0.465 e. The highest BCUT2D eigenvalue weighted by molar-refractivity contribution is 6.00. The maximum absolute atomic E-state index is 13.2. The second-order valence-corrected chi connectivity index (χ2v) is 8.29. The van der Waals surface area contributed by atoms with Crippen molar-refractivity contribution < 1.29 is 27.5 Å². The van der Waals surface area contributed by atoms with E-state index in [1.807, 2.05) is 4.90 Å². The zero-order valence-corrected chi connectivity index (χ0v) is 19.4. The zero-order chi connectivity index (χ0) is 25.3. The summed E-state index contributed by atoms with van der Waals surface area (Å²) in [6, 6.07) is 7.90. The number of hydrogen-bond donors (Lipinski definition) is 1. The molecule has 0 spiro atoms. The summed E-state index contributed by atoms with van der Waals surface area (Å²) < 4.78 is 45.7. The van der Waals surface area contributed by atoms with Crippen molar-refractivity contribution in [2.24, 2.45) is 0 Å². The number of pyridine rings is 1. The number of carbonyl (C=O) groups is 2. The number of alkyl halides is 3. The molecule has 1 aliphatic heterocycles. The second kappa shape index (κ2) is 9.40. The number of halogens is 3. The van der Waals surface area contributed by atoms with Gasteiger partial charge in [0.2, 0.25) is 0 Å². The third-order valence-electron chi connectivity index (χ3n) is 5.84. The Labute approximate surface area is 199 Å². The molecular weight excluding hydrogens is 463 g/mol. The van der Waals surface area contributed by atoms with Crippen molar-refractivity contribution in [1.29, 1.82) is 0 Å². The summed E-state index contributed by atoms with van der Waals surface area (Å²) in [5.41, 5.74) is 1.51. The Morgan fingerprint density at radius 1 is 1.20 bits per heavy atom. The SMILES string of the molecule is COC(=O)c1ccc([C@H](C)NC(=O)c2c(C)nn3c2N(Cc2cccc(C(F)(F)F)c2)CC3)nc1. The molecule has 0 bridgehead atoms. The number of carbonyl (C=O) groups excluding carboxylic acids is 2. The molecule has 1 amide bonds. The van der Waals surface area contributed by atoms with E-state index < -0.39 is 23.8 Å². The molecule has 0 unspecified atom stereocenters. The van der Waals surface area contributed by atoms with Crippen LogP contribution in [0.25, 0.3) is 0 Å². The third-order valence-corrected chi connectivity index (χ3v) is 5.84. The predicted octanol–water partition coefficient (Wildman–Crippen LogP) is 3.90. The van der Waals surface area contributed by atoms with E-state index in [2.05, 4.69) is 20.1 Å². The third kappa shape index (κ3) is 4.98. The molecule has 35 heavy (non-hydrogen) atoms. The minimum atomic E-state index is -4.43. The topological polar surface area (TPSA) is 89.3 Å². The van der Waals surface area contributed by atoms with Gasteiger partial charge < -0.3 is 15.0 Å². The molecule has 0 saturated carbocycles. The van der Waals surface area contributed by atoms with Gasteiger partial charge >= 0.3 is 12.1 Å². The van der Waals surface area contributed by atoms with Crippen LogP contribution in [0.2, 0.25) is 0 Å². The van der Waals surface area contributed by atoms with Crippen molar-refractivity contribution in [1.82, 2.24) is 20.1 Å². The van der Waals surface area contributed by atoms with Gasteiger partial charge in [-0.25, -0.2) is 9.48 Å². The molecule has 2 aromatic heterocycles. The number of rotatable bonds is 6. The summed E-state index contributed by atoms with van der Waals surface area (Å²) in [5, 5.41) is 7.35. The van der Waals surface area contributed by atoms with E-state index in [0.717, 1.165) is 12.1 Å². The molecular formula is C24H24F3N5O3. The van der Waals surface area contributed by atoms with Crippen LogP contribution in [0.15, 0.2) is 42.6 Å². The lowest BCUT2D eigenvalue weighted by Gasteiger charge is -2.20. The maximum atomic E-state index is 13.2. The molecule has 0 aliphatic carbocycles. The van der Waals surface area contributed by atoms with Gasteiger partial charge in [-0.2, -0.15) is 18.3 Å². The summed E-state index contributed by atoms with van der Waals surface area (Å²) >= 11 is 0. The number of ether oxygens (including phenoxy) is 1. The van der Waals surface area contributed by atoms with Crippen LogP contribution >= 0.6 is 0 Å². The van der Waals surface area contributed by atoms with Crippen LogP contribution in [0.3, 0.4) is 0 Å². The summed E-state index contributed by atoms with van der Waals surface area (Å²) in [7, 11) is 1.28. The lowest BCUT2D eigenvalue weighted by atomic mass is 10.1. The maximum Gasteiger partial charge on any atom is 0.416 e. The molecule has 1 N–H and O–H groups in total. The number of fused-ring (bicyclic) bond motifs is 1. The Morgan fingerprint density at radius 3 is 2.63 bits per heavy atom. The van der Waals surface area contributed by atoms with E-state index in [1.165, 1.54) is 19.4 Å². The van der Waals surface area contributed by atoms with Crippen molar-refractivity contribution in [3.8, 4) is 0 Å². The molecule has 11 heteroatoms. The standard InChI is InChI=1S/C24H24F3N5O3/c1-14(19-8-7-17(12-28-19)23(34)35-3)29-21(33)20-15(2)30-32-10-9-31(22(20)32)13-16-5-4-6-18(11-16)24(25,26)27/h4-8,11-12,14H,9-10,13H2,1-3H3,(H,29,33)/t14-/m0/s1. The number of aryl methyl sites for hydroxylation is 1. The van der Waals surface area contributed by atoms with Crippen molar-refractivity contribution in [2.45, 2.75) is 39.2 Å². The fraction of sp³-hybridized carbons (Fsp3) is 0.333. The van der Waals surface area contributed by atoms with Gasteiger partial charge in [0.1, 0.15) is 11.4 Å². The Morgan fingerprint density at radius 2 is 1.97 bits per heavy atom. The number of benzene rings is 1. The van der Waals surface area contributed by atoms with Crippen molar-refractivity contribution in [2.75, 3.05) is 18.6 Å². The Bertz CT molecular complexity index is 1250. The highest BCUT2D eigenvalue weighted by Crippen LogP contribution is 2.33. The number of hydrogen-bond acceptors (Lipinski definition) is 6. The van der Waals surface area contributed by atoms with Crippen molar-refractivity contribution >= 4 is 17.7 Å². The van der Waals surface area contributed by atoms with Gasteiger partial charge in [-0.1, -0.05) is 12.1 Å². The molecule has 1 aromatic carbocycles. The van der Waals surface area contributed by atoms with Crippen LogP contribution in [-0.2, 0) is 24.0 Å². The molecule has 184 valence electrons. The van der Waals surface area contributed by atoms with Crippen molar-refractivity contribution in [3.05, 3.63) is 76.2 Å². The normalized spacial score (nSPS) is 13.9. The Hall–Kier alpha value is -3.89. The molecule has 0 saturated heterocycles. The van der Waals surface area contributed by atoms with E-state index in [0.29, 0.717) is 47.0 Å². The number of anilines is 1. The van der Waals surface area contributed by atoms with E-state index in [1.54, 1.807) is 36.7 Å². The highest BCUT2D eigenvalue weighted by Gasteiger charge is 2.33. The lowest BCUT2D eigenvalue weighted by molar-refractivity contribution is -0.137. The first-order valence-electron chi connectivity index (χ1n) is 10.9. The molecule has 1 aliphatic rings. The number of aromatic nitrogens is 3. The van der Waals surface area contributed by atoms with Gasteiger partial charge in [-0.05, 0) is 43.7 Å². The summed E-state index contributed by atoms with van der Waals surface area (Å²) in [4.78, 5) is 30.9. The molecule has 4 rings (SSSR count). The minimum absolute atomic E-state index is 0.210. The van der Waals surface area contributed by atoms with Crippen molar-refractivity contribution in [3.63, 3.8) is 0 Å². The fourth-order valence-corrected chi connectivity index (χ4v) is 4.10. The van der Waals surface area contributed by atoms with Crippen LogP contribution in [0.5, 0.6) is 0 Å². The molecule has 0 fully saturated rings. The minimum Gasteiger partial charge on any atom is -0.465 e. The van der Waals surface area contributed by atoms with Crippen LogP contribution in [0, 0.1) is 6.92 Å². The average Bonchev–Trinajstić information content (AvgIpc) is 3.36. The first kappa shape index (κ1) is 24.2. The molecule has 3 aromatic rings. The average molecular weight is 487 g/mol. The van der Waals surface area contributed by atoms with Gasteiger partial charge in [0.25, 0.3) is 5.91 Å². The Kier molecular flexibility index (Phi) is 6.51. The smallest absolute Gasteiger partial charge is 0.416 e. The molecule has 3 heterocycles. The van der Waals surface area contributed by atoms with Gasteiger partial charge in [0.15, 0.2) is 0 Å². The predicted molar refractivity (Wildman–Crippen MR) is 121 cm³/mol. The quantitative estimate of drug-likeness (QED) is 0.531. The number of nitrogens with zero attached hydrogens (tertiary/aromatic N) is 4.